The third kappa shape index (κ3) is 3.05. The van der Waals surface area contributed by atoms with Gasteiger partial charge < -0.3 is 10.4 Å². The number of hydrogen-bond donors (Lipinski definition) is 2. The molecule has 1 aromatic carbocycles. The van der Waals surface area contributed by atoms with Gasteiger partial charge in [0.25, 0.3) is 0 Å². The van der Waals surface area contributed by atoms with Crippen molar-refractivity contribution in [2.24, 2.45) is 0 Å². The molecule has 1 unspecified atom stereocenters. The lowest BCUT2D eigenvalue weighted by Gasteiger charge is -2.11. The van der Waals surface area contributed by atoms with E-state index < -0.39 is 30.2 Å². The quantitative estimate of drug-likeness (QED) is 0.807. The van der Waals surface area contributed by atoms with Gasteiger partial charge in [-0.05, 0) is 18.6 Å². The number of carboxylic acid groups (broad SMARTS) is 1. The van der Waals surface area contributed by atoms with Crippen LogP contribution in [-0.2, 0) is 9.59 Å². The van der Waals surface area contributed by atoms with Crippen molar-refractivity contribution in [1.82, 2.24) is 5.32 Å². The summed E-state index contributed by atoms with van der Waals surface area (Å²) in [5, 5.41) is 10.6. The normalized spacial score (nSPS) is 11.9. The number of halogens is 1. The van der Waals surface area contributed by atoms with E-state index in [0.29, 0.717) is 0 Å². The predicted molar refractivity (Wildman–Crippen MR) is 55.5 cm³/mol. The molecule has 16 heavy (non-hydrogen) atoms. The summed E-state index contributed by atoms with van der Waals surface area (Å²) in [4.78, 5) is 21.7. The average molecular weight is 225 g/mol. The number of amides is 1. The molecule has 0 saturated heterocycles. The van der Waals surface area contributed by atoms with E-state index >= 15 is 0 Å². The number of nitrogens with one attached hydrogen (secondary N) is 1. The summed E-state index contributed by atoms with van der Waals surface area (Å²) < 4.78 is 13.3. The highest BCUT2D eigenvalue weighted by molar-refractivity contribution is 5.86. The molecule has 0 fully saturated rings. The van der Waals surface area contributed by atoms with Crippen LogP contribution in [0.3, 0.4) is 0 Å². The smallest absolute Gasteiger partial charge is 0.322 e. The lowest BCUT2D eigenvalue weighted by Crippen LogP contribution is -2.32. The molecule has 0 saturated carbocycles. The van der Waals surface area contributed by atoms with E-state index in [1.807, 2.05) is 0 Å². The first kappa shape index (κ1) is 12.2. The van der Waals surface area contributed by atoms with Crippen molar-refractivity contribution in [3.63, 3.8) is 0 Å². The van der Waals surface area contributed by atoms with Gasteiger partial charge in [-0.25, -0.2) is 4.39 Å². The van der Waals surface area contributed by atoms with Gasteiger partial charge in [-0.2, -0.15) is 0 Å². The number of carboxylic acids is 1. The lowest BCUT2D eigenvalue weighted by molar-refractivity contribution is -0.138. The fourth-order valence-corrected chi connectivity index (χ4v) is 1.28. The van der Waals surface area contributed by atoms with Gasteiger partial charge in [0.2, 0.25) is 5.91 Å². The molecule has 4 nitrogen and oxygen atoms in total. The van der Waals surface area contributed by atoms with Crippen molar-refractivity contribution >= 4 is 11.9 Å². The van der Waals surface area contributed by atoms with Gasteiger partial charge in [0.15, 0.2) is 0 Å². The molecule has 0 spiro atoms. The SMILES string of the molecule is CC(C(=O)NCC(=O)O)c1ccccc1F. The van der Waals surface area contributed by atoms with Crippen LogP contribution in [0.2, 0.25) is 0 Å². The van der Waals surface area contributed by atoms with E-state index in [0.717, 1.165) is 0 Å². The molecule has 1 amide bonds. The fraction of sp³-hybridized carbons (Fsp3) is 0.273. The van der Waals surface area contributed by atoms with Crippen molar-refractivity contribution in [3.8, 4) is 0 Å². The first-order valence-corrected chi connectivity index (χ1v) is 4.76. The maximum atomic E-state index is 13.3. The van der Waals surface area contributed by atoms with E-state index in [4.69, 9.17) is 5.11 Å². The van der Waals surface area contributed by atoms with E-state index in [2.05, 4.69) is 5.32 Å². The maximum Gasteiger partial charge on any atom is 0.322 e. The fourth-order valence-electron chi connectivity index (χ4n) is 1.28. The van der Waals surface area contributed by atoms with Crippen LogP contribution < -0.4 is 5.32 Å². The topological polar surface area (TPSA) is 66.4 Å². The van der Waals surface area contributed by atoms with Crippen molar-refractivity contribution in [1.29, 1.82) is 0 Å². The molecule has 5 heteroatoms. The first-order chi connectivity index (χ1) is 7.52. The van der Waals surface area contributed by atoms with Crippen LogP contribution in [0.15, 0.2) is 24.3 Å². The zero-order valence-electron chi connectivity index (χ0n) is 8.74. The zero-order valence-corrected chi connectivity index (χ0v) is 8.74. The van der Waals surface area contributed by atoms with Gasteiger partial charge in [-0.3, -0.25) is 9.59 Å². The van der Waals surface area contributed by atoms with Gasteiger partial charge in [-0.15, -0.1) is 0 Å². The number of benzene rings is 1. The van der Waals surface area contributed by atoms with Crippen molar-refractivity contribution in [2.75, 3.05) is 6.54 Å². The Morgan fingerprint density at radius 2 is 2.06 bits per heavy atom. The Hall–Kier alpha value is -1.91. The Bertz CT molecular complexity index is 406. The highest BCUT2D eigenvalue weighted by atomic mass is 19.1. The standard InChI is InChI=1S/C11H12FNO3/c1-7(11(16)13-6-10(14)15)8-4-2-3-5-9(8)12/h2-5,7H,6H2,1H3,(H,13,16)(H,14,15). The number of carbonyl (C=O) groups is 2. The minimum Gasteiger partial charge on any atom is -0.480 e. The van der Waals surface area contributed by atoms with Gasteiger partial charge in [0.05, 0.1) is 5.92 Å². The van der Waals surface area contributed by atoms with Gasteiger partial charge >= 0.3 is 5.97 Å². The molecule has 2 N–H and O–H groups in total. The summed E-state index contributed by atoms with van der Waals surface area (Å²) in [7, 11) is 0. The lowest BCUT2D eigenvalue weighted by atomic mass is 10.00. The molecule has 0 bridgehead atoms. The molecule has 0 aromatic heterocycles. The predicted octanol–water partition coefficient (Wildman–Crippen LogP) is 1.13. The molecule has 0 aliphatic rings. The van der Waals surface area contributed by atoms with E-state index in [1.54, 1.807) is 6.07 Å². The van der Waals surface area contributed by atoms with Crippen molar-refractivity contribution < 1.29 is 19.1 Å². The Labute approximate surface area is 92.1 Å². The van der Waals surface area contributed by atoms with Gasteiger partial charge in [-0.1, -0.05) is 18.2 Å². The first-order valence-electron chi connectivity index (χ1n) is 4.76. The summed E-state index contributed by atoms with van der Waals surface area (Å²) in [6.07, 6.45) is 0. The second-order valence-electron chi connectivity index (χ2n) is 3.35. The number of aliphatic carboxylic acids is 1. The molecule has 1 aromatic rings. The maximum absolute atomic E-state index is 13.3. The van der Waals surface area contributed by atoms with Crippen molar-refractivity contribution in [2.45, 2.75) is 12.8 Å². The number of carbonyl (C=O) groups excluding carboxylic acids is 1. The molecule has 0 heterocycles. The monoisotopic (exact) mass is 225 g/mol. The minimum absolute atomic E-state index is 0.255. The van der Waals surface area contributed by atoms with Crippen LogP contribution in [0.4, 0.5) is 4.39 Å². The molecular weight excluding hydrogens is 213 g/mol. The largest absolute Gasteiger partial charge is 0.480 e. The van der Waals surface area contributed by atoms with Crippen LogP contribution in [-0.4, -0.2) is 23.5 Å². The summed E-state index contributed by atoms with van der Waals surface area (Å²) >= 11 is 0. The zero-order chi connectivity index (χ0) is 12.1. The minimum atomic E-state index is -1.13. The van der Waals surface area contributed by atoms with Gasteiger partial charge in [0.1, 0.15) is 12.4 Å². The Balaban J connectivity index is 2.71. The Morgan fingerprint density at radius 3 is 2.62 bits per heavy atom. The molecule has 0 aliphatic carbocycles. The highest BCUT2D eigenvalue weighted by Crippen LogP contribution is 2.18. The van der Waals surface area contributed by atoms with Crippen LogP contribution in [0.25, 0.3) is 0 Å². The number of rotatable bonds is 4. The Morgan fingerprint density at radius 1 is 1.44 bits per heavy atom. The van der Waals surface area contributed by atoms with Crippen LogP contribution in [0.1, 0.15) is 18.4 Å². The van der Waals surface area contributed by atoms with Gasteiger partial charge in [0, 0.05) is 0 Å². The summed E-state index contributed by atoms with van der Waals surface area (Å²) in [6, 6.07) is 5.91. The summed E-state index contributed by atoms with van der Waals surface area (Å²) in [6.45, 7) is 1.06. The second-order valence-corrected chi connectivity index (χ2v) is 3.35. The van der Waals surface area contributed by atoms with E-state index in [9.17, 15) is 14.0 Å². The molecule has 86 valence electrons. The molecular formula is C11H12FNO3. The van der Waals surface area contributed by atoms with Crippen LogP contribution in [0.5, 0.6) is 0 Å². The van der Waals surface area contributed by atoms with Crippen LogP contribution >= 0.6 is 0 Å². The second kappa shape index (κ2) is 5.25. The Kier molecular flexibility index (Phi) is 3.99. The molecule has 1 atom stereocenters. The van der Waals surface area contributed by atoms with E-state index in [-0.39, 0.29) is 5.56 Å². The number of hydrogen-bond acceptors (Lipinski definition) is 2. The molecule has 0 radical (unpaired) electrons. The average Bonchev–Trinajstić information content (AvgIpc) is 2.25. The van der Waals surface area contributed by atoms with Crippen LogP contribution in [0, 0.1) is 5.82 Å². The highest BCUT2D eigenvalue weighted by Gasteiger charge is 2.18. The molecule has 1 rings (SSSR count). The third-order valence-corrected chi connectivity index (χ3v) is 2.18. The van der Waals surface area contributed by atoms with Crippen molar-refractivity contribution in [3.05, 3.63) is 35.6 Å². The van der Waals surface area contributed by atoms with E-state index in [1.165, 1.54) is 25.1 Å². The summed E-state index contributed by atoms with van der Waals surface area (Å²) in [5.74, 6) is -2.82. The summed E-state index contributed by atoms with van der Waals surface area (Å²) in [5.41, 5.74) is 0.255. The third-order valence-electron chi connectivity index (χ3n) is 2.18. The molecule has 0 aliphatic heterocycles.